The van der Waals surface area contributed by atoms with E-state index < -0.39 is 0 Å². The summed E-state index contributed by atoms with van der Waals surface area (Å²) in [6.07, 6.45) is 2.81. The number of unbranched alkanes of at least 4 members (excludes halogenated alkanes) is 1. The number of fused-ring (bicyclic) bond motifs is 1. The van der Waals surface area contributed by atoms with E-state index in [0.29, 0.717) is 18.8 Å². The number of rotatable bonds is 10. The Balaban J connectivity index is 1.51. The monoisotopic (exact) mass is 495 g/mol. The second-order valence-electron chi connectivity index (χ2n) is 9.50. The number of aryl methyl sites for hydroxylation is 1. The van der Waals surface area contributed by atoms with Gasteiger partial charge in [-0.3, -0.25) is 9.89 Å². The maximum atomic E-state index is 13.7. The molecule has 1 aliphatic rings. The van der Waals surface area contributed by atoms with Crippen LogP contribution in [0.1, 0.15) is 58.5 Å². The zero-order chi connectivity index (χ0) is 25.8. The van der Waals surface area contributed by atoms with Crippen molar-refractivity contribution in [1.82, 2.24) is 15.1 Å². The van der Waals surface area contributed by atoms with Gasteiger partial charge in [0.25, 0.3) is 5.91 Å². The Kier molecular flexibility index (Phi) is 7.26. The summed E-state index contributed by atoms with van der Waals surface area (Å²) in [5, 5.41) is 7.66. The number of carbonyl (C=O) groups excluding carboxylic acids is 1. The van der Waals surface area contributed by atoms with Gasteiger partial charge < -0.3 is 14.4 Å². The van der Waals surface area contributed by atoms with Gasteiger partial charge in [0.2, 0.25) is 0 Å². The fourth-order valence-electron chi connectivity index (χ4n) is 4.86. The first-order chi connectivity index (χ1) is 18.1. The Morgan fingerprint density at radius 3 is 2.51 bits per heavy atom. The van der Waals surface area contributed by atoms with Crippen molar-refractivity contribution in [3.05, 3.63) is 101 Å². The van der Waals surface area contributed by atoms with Crippen molar-refractivity contribution in [2.75, 3.05) is 20.3 Å². The first-order valence-corrected chi connectivity index (χ1v) is 12.9. The number of hydrogen-bond donors (Lipinski definition) is 1. The zero-order valence-corrected chi connectivity index (χ0v) is 21.7. The van der Waals surface area contributed by atoms with Crippen LogP contribution in [0, 0.1) is 6.92 Å². The number of amides is 1. The number of nitrogens with one attached hydrogen (secondary N) is 1. The molecule has 1 aromatic heterocycles. The molecule has 1 N–H and O–H groups in total. The highest BCUT2D eigenvalue weighted by molar-refractivity contribution is 6.00. The van der Waals surface area contributed by atoms with Crippen molar-refractivity contribution in [2.24, 2.45) is 0 Å². The molecule has 190 valence electrons. The van der Waals surface area contributed by atoms with Crippen LogP contribution in [0.2, 0.25) is 0 Å². The number of nitrogens with zero attached hydrogens (tertiary/aromatic N) is 2. The molecule has 6 nitrogen and oxygen atoms in total. The number of carbonyl (C=O) groups is 1. The second kappa shape index (κ2) is 10.9. The molecule has 5 rings (SSSR count). The van der Waals surface area contributed by atoms with Gasteiger partial charge in [-0.05, 0) is 55.2 Å². The molecule has 0 aliphatic carbocycles. The number of methoxy groups -OCH3 is 1. The molecule has 3 aromatic carbocycles. The van der Waals surface area contributed by atoms with Crippen molar-refractivity contribution in [2.45, 2.75) is 39.2 Å². The van der Waals surface area contributed by atoms with E-state index in [9.17, 15) is 4.79 Å². The van der Waals surface area contributed by atoms with Crippen molar-refractivity contribution in [3.8, 4) is 22.8 Å². The molecule has 1 atom stereocenters. The average Bonchev–Trinajstić information content (AvgIpc) is 3.47. The van der Waals surface area contributed by atoms with Crippen LogP contribution in [-0.2, 0) is 6.42 Å². The number of H-pyrrole nitrogens is 1. The average molecular weight is 496 g/mol. The molecule has 6 heteroatoms. The van der Waals surface area contributed by atoms with Crippen molar-refractivity contribution in [1.29, 1.82) is 0 Å². The van der Waals surface area contributed by atoms with Crippen molar-refractivity contribution < 1.29 is 14.3 Å². The maximum Gasteiger partial charge on any atom is 0.273 e. The fourth-order valence-corrected chi connectivity index (χ4v) is 4.86. The van der Waals surface area contributed by atoms with Crippen LogP contribution < -0.4 is 9.47 Å². The molecule has 37 heavy (non-hydrogen) atoms. The quantitative estimate of drug-likeness (QED) is 0.260. The summed E-state index contributed by atoms with van der Waals surface area (Å²) in [6.45, 7) is 5.47. The van der Waals surface area contributed by atoms with Gasteiger partial charge in [0, 0.05) is 17.7 Å². The van der Waals surface area contributed by atoms with Crippen molar-refractivity contribution in [3.63, 3.8) is 0 Å². The molecule has 0 saturated heterocycles. The van der Waals surface area contributed by atoms with E-state index in [1.165, 1.54) is 5.56 Å². The van der Waals surface area contributed by atoms with E-state index in [2.05, 4.69) is 72.6 Å². The lowest BCUT2D eigenvalue weighted by molar-refractivity contribution is 0.0745. The van der Waals surface area contributed by atoms with Crippen LogP contribution in [0.5, 0.6) is 11.5 Å². The van der Waals surface area contributed by atoms with Gasteiger partial charge in [-0.25, -0.2) is 0 Å². The molecule has 0 fully saturated rings. The fraction of sp³-hybridized carbons (Fsp3) is 0.290. The highest BCUT2D eigenvalue weighted by Gasteiger charge is 2.42. The smallest absolute Gasteiger partial charge is 0.273 e. The lowest BCUT2D eigenvalue weighted by Crippen LogP contribution is -2.31. The topological polar surface area (TPSA) is 67.5 Å². The Labute approximate surface area is 218 Å². The van der Waals surface area contributed by atoms with Gasteiger partial charge in [-0.15, -0.1) is 0 Å². The third kappa shape index (κ3) is 5.10. The molecule has 0 saturated carbocycles. The van der Waals surface area contributed by atoms with E-state index in [1.807, 2.05) is 29.2 Å². The first-order valence-electron chi connectivity index (χ1n) is 12.9. The summed E-state index contributed by atoms with van der Waals surface area (Å²) in [5.74, 6) is 1.61. The molecule has 0 spiro atoms. The van der Waals surface area contributed by atoms with Gasteiger partial charge in [0.1, 0.15) is 17.2 Å². The van der Waals surface area contributed by atoms with Gasteiger partial charge in [-0.2, -0.15) is 5.10 Å². The van der Waals surface area contributed by atoms with Crippen LogP contribution in [0.25, 0.3) is 11.3 Å². The molecule has 1 amide bonds. The summed E-state index contributed by atoms with van der Waals surface area (Å²) in [4.78, 5) is 15.7. The molecule has 0 radical (unpaired) electrons. The highest BCUT2D eigenvalue weighted by Crippen LogP contribution is 2.43. The predicted octanol–water partition coefficient (Wildman–Crippen LogP) is 6.36. The zero-order valence-electron chi connectivity index (χ0n) is 21.7. The largest absolute Gasteiger partial charge is 0.497 e. The molecule has 1 unspecified atom stereocenters. The lowest BCUT2D eigenvalue weighted by Gasteiger charge is -2.27. The third-order valence-corrected chi connectivity index (χ3v) is 6.93. The van der Waals surface area contributed by atoms with Crippen LogP contribution in [-0.4, -0.2) is 41.3 Å². The molecular formula is C31H33N3O3. The van der Waals surface area contributed by atoms with E-state index in [-0.39, 0.29) is 11.9 Å². The van der Waals surface area contributed by atoms with Crippen molar-refractivity contribution >= 4 is 5.91 Å². The van der Waals surface area contributed by atoms with Crippen LogP contribution >= 0.6 is 0 Å². The van der Waals surface area contributed by atoms with E-state index in [0.717, 1.165) is 58.7 Å². The van der Waals surface area contributed by atoms with Gasteiger partial charge >= 0.3 is 0 Å². The maximum absolute atomic E-state index is 13.7. The van der Waals surface area contributed by atoms with Gasteiger partial charge in [-0.1, -0.05) is 67.4 Å². The number of ether oxygens (including phenoxy) is 2. The number of aromatic amines is 1. The molecule has 0 bridgehead atoms. The normalized spacial score (nSPS) is 14.6. The predicted molar refractivity (Wildman–Crippen MR) is 145 cm³/mol. The molecular weight excluding hydrogens is 462 g/mol. The van der Waals surface area contributed by atoms with E-state index in [4.69, 9.17) is 9.47 Å². The molecule has 1 aliphatic heterocycles. The lowest BCUT2D eigenvalue weighted by atomic mass is 9.95. The third-order valence-electron chi connectivity index (χ3n) is 6.93. The SMILES string of the molecule is CCCCOc1cccc(C2c3c(-c4ccc(C)cc4)n[nH]c3C(=O)N2CCc2ccc(OC)cc2)c1. The van der Waals surface area contributed by atoms with Crippen LogP contribution in [0.15, 0.2) is 72.8 Å². The number of hydrogen-bond acceptors (Lipinski definition) is 4. The number of aromatic nitrogens is 2. The Hall–Kier alpha value is -4.06. The second-order valence-corrected chi connectivity index (χ2v) is 9.50. The minimum Gasteiger partial charge on any atom is -0.497 e. The summed E-state index contributed by atoms with van der Waals surface area (Å²) >= 11 is 0. The molecule has 4 aromatic rings. The van der Waals surface area contributed by atoms with Crippen LogP contribution in [0.4, 0.5) is 0 Å². The Morgan fingerprint density at radius 1 is 1.00 bits per heavy atom. The van der Waals surface area contributed by atoms with Gasteiger partial charge in [0.05, 0.1) is 25.5 Å². The van der Waals surface area contributed by atoms with E-state index in [1.54, 1.807) is 7.11 Å². The molecule has 2 heterocycles. The Morgan fingerprint density at radius 2 is 1.78 bits per heavy atom. The summed E-state index contributed by atoms with van der Waals surface area (Å²) < 4.78 is 11.3. The van der Waals surface area contributed by atoms with Crippen LogP contribution in [0.3, 0.4) is 0 Å². The summed E-state index contributed by atoms with van der Waals surface area (Å²) in [5.41, 5.74) is 6.65. The number of benzene rings is 3. The Bertz CT molecular complexity index is 1360. The summed E-state index contributed by atoms with van der Waals surface area (Å²) in [7, 11) is 1.66. The minimum absolute atomic E-state index is 0.0309. The first kappa shape index (κ1) is 24.6. The van der Waals surface area contributed by atoms with E-state index >= 15 is 0 Å². The highest BCUT2D eigenvalue weighted by atomic mass is 16.5. The minimum atomic E-state index is -0.259. The summed E-state index contributed by atoms with van der Waals surface area (Å²) in [6, 6.07) is 24.2. The van der Waals surface area contributed by atoms with Gasteiger partial charge in [0.15, 0.2) is 0 Å². The standard InChI is InChI=1S/C31H33N3O3/c1-4-5-19-37-26-8-6-7-24(20-26)30-27-28(23-13-9-21(2)10-14-23)32-33-29(27)31(35)34(30)18-17-22-11-15-25(36-3)16-12-22/h6-16,20,30H,4-5,17-19H2,1-3H3,(H,32,33).